The van der Waals surface area contributed by atoms with Crippen LogP contribution in [-0.2, 0) is 9.59 Å². The number of nitrogens with one attached hydrogen (secondary N) is 1. The van der Waals surface area contributed by atoms with Crippen molar-refractivity contribution in [1.82, 2.24) is 4.90 Å². The van der Waals surface area contributed by atoms with Crippen molar-refractivity contribution in [3.63, 3.8) is 0 Å². The third-order valence-electron chi connectivity index (χ3n) is 4.15. The highest BCUT2D eigenvalue weighted by molar-refractivity contribution is 6.03. The van der Waals surface area contributed by atoms with E-state index >= 15 is 0 Å². The molecule has 0 saturated carbocycles. The van der Waals surface area contributed by atoms with Crippen molar-refractivity contribution in [2.45, 2.75) is 39.2 Å². The molecule has 2 N–H and O–H groups in total. The van der Waals surface area contributed by atoms with Crippen LogP contribution in [0.2, 0.25) is 0 Å². The van der Waals surface area contributed by atoms with Crippen LogP contribution in [0.25, 0.3) is 0 Å². The van der Waals surface area contributed by atoms with Crippen LogP contribution < -0.4 is 5.32 Å². The number of aryl methyl sites for hydroxylation is 1. The molecule has 0 bridgehead atoms. The first-order chi connectivity index (χ1) is 10.3. The minimum atomic E-state index is -0.793. The monoisotopic (exact) mass is 304 g/mol. The average molecular weight is 304 g/mol. The Morgan fingerprint density at radius 1 is 1.41 bits per heavy atom. The van der Waals surface area contributed by atoms with Crippen LogP contribution in [0.1, 0.15) is 32.3 Å². The molecule has 120 valence electrons. The van der Waals surface area contributed by atoms with Crippen molar-refractivity contribution in [3.05, 3.63) is 29.8 Å². The van der Waals surface area contributed by atoms with Gasteiger partial charge in [-0.15, -0.1) is 0 Å². The Hall–Kier alpha value is -1.88. The zero-order chi connectivity index (χ0) is 16.3. The number of anilines is 1. The SMILES string of the molecule is Cc1cccc(NC(=O)CC(=O)N2CCC(C(C)(C)O)C2)c1. The minimum absolute atomic E-state index is 0.0660. The van der Waals surface area contributed by atoms with Crippen molar-refractivity contribution in [2.24, 2.45) is 5.92 Å². The number of hydrogen-bond donors (Lipinski definition) is 2. The van der Waals surface area contributed by atoms with E-state index in [1.807, 2.05) is 25.1 Å². The standard InChI is InChI=1S/C17H24N2O3/c1-12-5-4-6-14(9-12)18-15(20)10-16(21)19-8-7-13(11-19)17(2,3)22/h4-6,9,13,22H,7-8,10-11H2,1-3H3,(H,18,20). The van der Waals surface area contributed by atoms with E-state index in [2.05, 4.69) is 5.32 Å². The molecule has 1 aromatic rings. The average Bonchev–Trinajstić information content (AvgIpc) is 2.87. The molecule has 0 radical (unpaired) electrons. The van der Waals surface area contributed by atoms with E-state index in [1.165, 1.54) is 0 Å². The van der Waals surface area contributed by atoms with Crippen molar-refractivity contribution >= 4 is 17.5 Å². The number of nitrogens with zero attached hydrogens (tertiary/aromatic N) is 1. The molecule has 1 aromatic carbocycles. The molecular formula is C17H24N2O3. The summed E-state index contributed by atoms with van der Waals surface area (Å²) in [7, 11) is 0. The van der Waals surface area contributed by atoms with Gasteiger partial charge in [0, 0.05) is 24.7 Å². The van der Waals surface area contributed by atoms with E-state index in [1.54, 1.807) is 24.8 Å². The van der Waals surface area contributed by atoms with E-state index in [9.17, 15) is 14.7 Å². The van der Waals surface area contributed by atoms with Gasteiger partial charge >= 0.3 is 0 Å². The third-order valence-corrected chi connectivity index (χ3v) is 4.15. The highest BCUT2D eigenvalue weighted by Gasteiger charge is 2.35. The fraction of sp³-hybridized carbons (Fsp3) is 0.529. The summed E-state index contributed by atoms with van der Waals surface area (Å²) in [4.78, 5) is 25.8. The lowest BCUT2D eigenvalue weighted by Gasteiger charge is -2.25. The molecule has 1 fully saturated rings. The predicted molar refractivity (Wildman–Crippen MR) is 85.4 cm³/mol. The topological polar surface area (TPSA) is 69.6 Å². The summed E-state index contributed by atoms with van der Waals surface area (Å²) in [6.07, 6.45) is 0.612. The molecule has 5 heteroatoms. The number of likely N-dealkylation sites (tertiary alicyclic amines) is 1. The van der Waals surface area contributed by atoms with Gasteiger partial charge in [0.1, 0.15) is 6.42 Å². The molecule has 2 amide bonds. The van der Waals surface area contributed by atoms with Gasteiger partial charge in [0.25, 0.3) is 0 Å². The van der Waals surface area contributed by atoms with Gasteiger partial charge in [0.15, 0.2) is 0 Å². The summed E-state index contributed by atoms with van der Waals surface area (Å²) in [6, 6.07) is 7.47. The molecule has 1 aliphatic heterocycles. The van der Waals surface area contributed by atoms with Crippen molar-refractivity contribution in [2.75, 3.05) is 18.4 Å². The molecule has 2 rings (SSSR count). The van der Waals surface area contributed by atoms with E-state index in [4.69, 9.17) is 0 Å². The normalized spacial score (nSPS) is 18.4. The number of hydrogen-bond acceptors (Lipinski definition) is 3. The van der Waals surface area contributed by atoms with Gasteiger partial charge in [0.2, 0.25) is 11.8 Å². The molecule has 5 nitrogen and oxygen atoms in total. The van der Waals surface area contributed by atoms with E-state index in [-0.39, 0.29) is 24.2 Å². The fourth-order valence-corrected chi connectivity index (χ4v) is 2.74. The second-order valence-corrected chi connectivity index (χ2v) is 6.57. The van der Waals surface area contributed by atoms with E-state index < -0.39 is 5.60 Å². The quantitative estimate of drug-likeness (QED) is 0.835. The Morgan fingerprint density at radius 2 is 2.14 bits per heavy atom. The number of rotatable bonds is 4. The lowest BCUT2D eigenvalue weighted by molar-refractivity contribution is -0.134. The highest BCUT2D eigenvalue weighted by atomic mass is 16.3. The van der Waals surface area contributed by atoms with Gasteiger partial charge in [-0.25, -0.2) is 0 Å². The Bertz CT molecular complexity index is 563. The zero-order valence-corrected chi connectivity index (χ0v) is 13.4. The van der Waals surface area contributed by atoms with Crippen molar-refractivity contribution in [3.8, 4) is 0 Å². The van der Waals surface area contributed by atoms with Crippen LogP contribution in [0.3, 0.4) is 0 Å². The molecule has 1 saturated heterocycles. The lowest BCUT2D eigenvalue weighted by Crippen LogP contribution is -2.36. The molecule has 0 aromatic heterocycles. The molecule has 0 spiro atoms. The summed E-state index contributed by atoms with van der Waals surface area (Å²) < 4.78 is 0. The Kier molecular flexibility index (Phi) is 4.86. The first-order valence-corrected chi connectivity index (χ1v) is 7.62. The summed E-state index contributed by atoms with van der Waals surface area (Å²) in [6.45, 7) is 6.58. The van der Waals surface area contributed by atoms with Crippen LogP contribution in [0.4, 0.5) is 5.69 Å². The maximum absolute atomic E-state index is 12.2. The lowest BCUT2D eigenvalue weighted by atomic mass is 9.90. The van der Waals surface area contributed by atoms with Gasteiger partial charge in [-0.3, -0.25) is 9.59 Å². The summed E-state index contributed by atoms with van der Waals surface area (Å²) in [5.41, 5.74) is 0.962. The number of aliphatic hydroxyl groups is 1. The van der Waals surface area contributed by atoms with Crippen LogP contribution in [0.5, 0.6) is 0 Å². The van der Waals surface area contributed by atoms with Crippen LogP contribution >= 0.6 is 0 Å². The Labute approximate surface area is 131 Å². The number of benzene rings is 1. The van der Waals surface area contributed by atoms with Crippen LogP contribution in [0.15, 0.2) is 24.3 Å². The van der Waals surface area contributed by atoms with Gasteiger partial charge in [-0.2, -0.15) is 0 Å². The second kappa shape index (κ2) is 6.48. The van der Waals surface area contributed by atoms with Crippen molar-refractivity contribution in [1.29, 1.82) is 0 Å². The molecule has 1 unspecified atom stereocenters. The third kappa shape index (κ3) is 4.31. The molecular weight excluding hydrogens is 280 g/mol. The van der Waals surface area contributed by atoms with Crippen LogP contribution in [-0.4, -0.2) is 40.5 Å². The smallest absolute Gasteiger partial charge is 0.233 e. The number of carbonyl (C=O) groups is 2. The zero-order valence-electron chi connectivity index (χ0n) is 13.4. The minimum Gasteiger partial charge on any atom is -0.390 e. The van der Waals surface area contributed by atoms with E-state index in [0.717, 1.165) is 12.0 Å². The van der Waals surface area contributed by atoms with Crippen LogP contribution in [0, 0.1) is 12.8 Å². The molecule has 1 heterocycles. The fourth-order valence-electron chi connectivity index (χ4n) is 2.74. The predicted octanol–water partition coefficient (Wildman–Crippen LogP) is 1.94. The molecule has 22 heavy (non-hydrogen) atoms. The summed E-state index contributed by atoms with van der Waals surface area (Å²) in [5, 5.41) is 12.7. The first-order valence-electron chi connectivity index (χ1n) is 7.62. The van der Waals surface area contributed by atoms with Gasteiger partial charge < -0.3 is 15.3 Å². The van der Waals surface area contributed by atoms with Crippen molar-refractivity contribution < 1.29 is 14.7 Å². The maximum atomic E-state index is 12.2. The largest absolute Gasteiger partial charge is 0.390 e. The van der Waals surface area contributed by atoms with Gasteiger partial charge in [-0.1, -0.05) is 12.1 Å². The second-order valence-electron chi connectivity index (χ2n) is 6.57. The van der Waals surface area contributed by atoms with Gasteiger partial charge in [-0.05, 0) is 44.9 Å². The number of amides is 2. The maximum Gasteiger partial charge on any atom is 0.233 e. The highest BCUT2D eigenvalue weighted by Crippen LogP contribution is 2.27. The molecule has 0 aliphatic carbocycles. The Balaban J connectivity index is 1.86. The first kappa shape index (κ1) is 16.5. The number of carbonyl (C=O) groups excluding carboxylic acids is 2. The molecule has 1 aliphatic rings. The summed E-state index contributed by atoms with van der Waals surface area (Å²) >= 11 is 0. The molecule has 1 atom stereocenters. The summed E-state index contributed by atoms with van der Waals surface area (Å²) in [5.74, 6) is -0.421. The van der Waals surface area contributed by atoms with E-state index in [0.29, 0.717) is 18.8 Å². The Morgan fingerprint density at radius 3 is 2.73 bits per heavy atom. The van der Waals surface area contributed by atoms with Gasteiger partial charge in [0.05, 0.1) is 5.60 Å².